The van der Waals surface area contributed by atoms with E-state index in [1.54, 1.807) is 68.8 Å². The molecular weight excluding hydrogens is 799 g/mol. The summed E-state index contributed by atoms with van der Waals surface area (Å²) in [6.07, 6.45) is 0.961. The molecule has 0 radical (unpaired) electrons. The van der Waals surface area contributed by atoms with Crippen molar-refractivity contribution in [1.82, 2.24) is 19.9 Å². The highest BCUT2D eigenvalue weighted by Gasteiger charge is 2.29. The lowest BCUT2D eigenvalue weighted by Gasteiger charge is -2.21. The predicted molar refractivity (Wildman–Crippen MR) is 220 cm³/mol. The van der Waals surface area contributed by atoms with Crippen LogP contribution in [0.15, 0.2) is 104 Å². The number of carbonyl (C=O) groups excluding carboxylic acids is 1. The van der Waals surface area contributed by atoms with Crippen molar-refractivity contribution in [2.75, 3.05) is 26.9 Å². The van der Waals surface area contributed by atoms with Crippen molar-refractivity contribution >= 4 is 39.1 Å². The summed E-state index contributed by atoms with van der Waals surface area (Å²) in [5.41, 5.74) is 3.89. The van der Waals surface area contributed by atoms with Gasteiger partial charge in [-0.25, -0.2) is 29.1 Å². The minimum atomic E-state index is -1.22. The summed E-state index contributed by atoms with van der Waals surface area (Å²) >= 11 is 8.20. The molecule has 12 nitrogen and oxygen atoms in total. The molecule has 300 valence electrons. The Balaban J connectivity index is 1.22. The molecule has 0 aliphatic carbocycles. The molecule has 2 aliphatic heterocycles. The van der Waals surface area contributed by atoms with Crippen molar-refractivity contribution in [3.63, 3.8) is 0 Å². The fraction of sp³-hybridized carbons (Fsp3) is 0.205. The van der Waals surface area contributed by atoms with Crippen molar-refractivity contribution in [3.8, 4) is 61.8 Å². The van der Waals surface area contributed by atoms with E-state index in [9.17, 15) is 14.3 Å². The molecule has 0 unspecified atom stereocenters. The van der Waals surface area contributed by atoms with Gasteiger partial charge in [0.05, 0.1) is 42.0 Å². The largest absolute Gasteiger partial charge is 0.496 e. The van der Waals surface area contributed by atoms with Crippen molar-refractivity contribution in [1.29, 1.82) is 0 Å². The number of fused-ring (bicyclic) bond motifs is 7. The van der Waals surface area contributed by atoms with Gasteiger partial charge in [-0.3, -0.25) is 0 Å². The topological polar surface area (TPSA) is 144 Å². The number of methoxy groups -OCH3 is 1. The third kappa shape index (κ3) is 8.60. The fourth-order valence-electron chi connectivity index (χ4n) is 6.60. The minimum absolute atomic E-state index is 0.0303. The van der Waals surface area contributed by atoms with Gasteiger partial charge in [-0.05, 0) is 78.7 Å². The molecule has 0 amide bonds. The number of ether oxygens (including phenoxy) is 6. The lowest BCUT2D eigenvalue weighted by molar-refractivity contribution is -0.151. The van der Waals surface area contributed by atoms with Crippen LogP contribution >= 0.6 is 22.9 Å². The first-order chi connectivity index (χ1) is 28.8. The Morgan fingerprint density at radius 3 is 2.59 bits per heavy atom. The second kappa shape index (κ2) is 17.6. The van der Waals surface area contributed by atoms with Gasteiger partial charge in [0.2, 0.25) is 12.0 Å². The van der Waals surface area contributed by atoms with E-state index >= 15 is 0 Å². The molecule has 4 bridgehead atoms. The first-order valence-electron chi connectivity index (χ1n) is 18.6. The van der Waals surface area contributed by atoms with Gasteiger partial charge in [0.1, 0.15) is 53.2 Å². The molecular formula is C44H36ClFN4O8S. The molecule has 0 fully saturated rings. The van der Waals surface area contributed by atoms with Crippen molar-refractivity contribution < 1.29 is 42.7 Å². The number of rotatable bonds is 9. The summed E-state index contributed by atoms with van der Waals surface area (Å²) in [6, 6.07) is 25.7. The molecule has 7 aromatic rings. The van der Waals surface area contributed by atoms with Gasteiger partial charge >= 0.3 is 5.97 Å². The van der Waals surface area contributed by atoms with Crippen LogP contribution in [0, 0.1) is 5.82 Å². The molecule has 0 spiro atoms. The highest BCUT2D eigenvalue weighted by atomic mass is 35.5. The minimum Gasteiger partial charge on any atom is -0.496 e. The van der Waals surface area contributed by atoms with E-state index in [1.165, 1.54) is 29.8 Å². The zero-order chi connectivity index (χ0) is 40.9. The molecule has 0 saturated carbocycles. The maximum atomic E-state index is 14.1. The van der Waals surface area contributed by atoms with Crippen LogP contribution in [0.5, 0.6) is 28.9 Å². The number of halogens is 2. The summed E-state index contributed by atoms with van der Waals surface area (Å²) in [5, 5.41) is 11.1. The maximum absolute atomic E-state index is 14.1. The van der Waals surface area contributed by atoms with E-state index in [-0.39, 0.29) is 49.6 Å². The Kier molecular flexibility index (Phi) is 11.8. The van der Waals surface area contributed by atoms with Crippen LogP contribution in [0.3, 0.4) is 0 Å². The quantitative estimate of drug-likeness (QED) is 0.139. The smallest absolute Gasteiger partial charge is 0.347 e. The Bertz CT molecular complexity index is 2630. The van der Waals surface area contributed by atoms with Gasteiger partial charge < -0.3 is 33.5 Å². The Morgan fingerprint density at radius 2 is 1.80 bits per heavy atom. The lowest BCUT2D eigenvalue weighted by Crippen LogP contribution is -2.32. The standard InChI is InChI=1S/C44H36ClFN4O8S/c1-3-54-44(52)37-20-27-18-30(13-15-34(27)56-22-29-16-17-47-41(50-29)32-6-4-5-7-35(32)53-2)55-23-31(21-51)57-36-14-10-26(19-33(36)45)38-39-42(58-37)48-24-49-43(39)59-40(38)25-8-11-28(46)12-9-25/h4-19,24,31,37,51H,3,20-23H2,1-2H3/t31-,37-/m1/s1. The molecule has 0 saturated heterocycles. The Labute approximate surface area is 347 Å². The molecule has 15 heteroatoms. The van der Waals surface area contributed by atoms with Crippen molar-refractivity contribution in [3.05, 3.63) is 126 Å². The summed E-state index contributed by atoms with van der Waals surface area (Å²) in [5.74, 6) is 1.36. The van der Waals surface area contributed by atoms with Gasteiger partial charge in [-0.1, -0.05) is 41.9 Å². The second-order valence-corrected chi connectivity index (χ2v) is 14.6. The zero-order valence-corrected chi connectivity index (χ0v) is 33.3. The number of nitrogens with zero attached hydrogens (tertiary/aromatic N) is 4. The van der Waals surface area contributed by atoms with Crippen LogP contribution in [-0.2, 0) is 22.6 Å². The first kappa shape index (κ1) is 39.5. The van der Waals surface area contributed by atoms with Gasteiger partial charge in [0.15, 0.2) is 11.9 Å². The van der Waals surface area contributed by atoms with Crippen molar-refractivity contribution in [2.24, 2.45) is 0 Å². The van der Waals surface area contributed by atoms with Crippen molar-refractivity contribution in [2.45, 2.75) is 32.2 Å². The van der Waals surface area contributed by atoms with Crippen LogP contribution in [0.4, 0.5) is 4.39 Å². The van der Waals surface area contributed by atoms with E-state index in [0.717, 1.165) is 16.0 Å². The lowest BCUT2D eigenvalue weighted by atomic mass is 9.99. The average Bonchev–Trinajstić information content (AvgIpc) is 3.66. The highest BCUT2D eigenvalue weighted by Crippen LogP contribution is 2.48. The van der Waals surface area contributed by atoms with Gasteiger partial charge in [-0.15, -0.1) is 11.3 Å². The zero-order valence-electron chi connectivity index (χ0n) is 31.8. The van der Waals surface area contributed by atoms with Gasteiger partial charge in [0.25, 0.3) is 0 Å². The molecule has 1 N–H and O–H groups in total. The molecule has 2 atom stereocenters. The number of esters is 1. The van der Waals surface area contributed by atoms with Crippen LogP contribution in [0.1, 0.15) is 18.2 Å². The van der Waals surface area contributed by atoms with Gasteiger partial charge in [-0.2, -0.15) is 0 Å². The number of carbonyl (C=O) groups is 1. The monoisotopic (exact) mass is 834 g/mol. The molecule has 3 aromatic heterocycles. The summed E-state index contributed by atoms with van der Waals surface area (Å²) < 4.78 is 50.5. The van der Waals surface area contributed by atoms with E-state index < -0.39 is 18.2 Å². The number of thiophene rings is 1. The number of benzene rings is 4. The van der Waals surface area contributed by atoms with E-state index in [2.05, 4.69) is 15.0 Å². The van der Waals surface area contributed by atoms with Crippen LogP contribution in [0.25, 0.3) is 43.2 Å². The third-order valence-electron chi connectivity index (χ3n) is 9.39. The number of hydrogen-bond donors (Lipinski definition) is 1. The summed E-state index contributed by atoms with van der Waals surface area (Å²) in [6.45, 7) is 1.45. The molecule has 4 aromatic carbocycles. The molecule has 5 heterocycles. The van der Waals surface area contributed by atoms with Crippen LogP contribution in [0.2, 0.25) is 5.02 Å². The van der Waals surface area contributed by atoms with Gasteiger partial charge in [0, 0.05) is 28.6 Å². The molecule has 59 heavy (non-hydrogen) atoms. The molecule has 9 rings (SSSR count). The molecule has 2 aliphatic rings. The predicted octanol–water partition coefficient (Wildman–Crippen LogP) is 8.55. The second-order valence-electron chi connectivity index (χ2n) is 13.2. The summed E-state index contributed by atoms with van der Waals surface area (Å²) in [4.78, 5) is 33.4. The van der Waals surface area contributed by atoms with E-state index in [0.29, 0.717) is 61.4 Å². The number of hydrogen-bond acceptors (Lipinski definition) is 13. The number of para-hydroxylation sites is 1. The van der Waals surface area contributed by atoms with E-state index in [4.69, 9.17) is 45.0 Å². The number of aromatic nitrogens is 4. The van der Waals surface area contributed by atoms with Crippen LogP contribution < -0.4 is 23.7 Å². The summed E-state index contributed by atoms with van der Waals surface area (Å²) in [7, 11) is 1.59. The Morgan fingerprint density at radius 1 is 0.966 bits per heavy atom. The van der Waals surface area contributed by atoms with E-state index in [1.807, 2.05) is 30.3 Å². The number of aliphatic hydroxyl groups excluding tert-OH is 1. The maximum Gasteiger partial charge on any atom is 0.347 e. The first-order valence-corrected chi connectivity index (χ1v) is 19.8. The average molecular weight is 835 g/mol. The van der Waals surface area contributed by atoms with Crippen LogP contribution in [-0.4, -0.2) is 70.2 Å². The highest BCUT2D eigenvalue weighted by molar-refractivity contribution is 7.22. The SMILES string of the molecule is CCOC(=O)[C@H]1Cc2cc(ccc2OCc2ccnc(-c3ccccc3OC)n2)OC[C@@H](CO)Oc2ccc(cc2Cl)-c2c(-c3ccc(F)cc3)sc3ncnc(c23)O1. The number of aliphatic hydroxyl groups is 1. The normalized spacial score (nSPS) is 15.1. The third-order valence-corrected chi connectivity index (χ3v) is 10.8. The fourth-order valence-corrected chi connectivity index (χ4v) is 7.98. The Hall–Kier alpha value is -6.35.